The average molecular weight is 414 g/mol. The second-order valence-electron chi connectivity index (χ2n) is 5.70. The minimum atomic E-state index is -4.11. The van der Waals surface area contributed by atoms with Crippen LogP contribution in [0, 0.1) is 0 Å². The van der Waals surface area contributed by atoms with Crippen molar-refractivity contribution < 1.29 is 27.5 Å². The number of nitrogens with zero attached hydrogens (tertiary/aromatic N) is 1. The fraction of sp³-hybridized carbons (Fsp3) is 0.333. The predicted molar refractivity (Wildman–Crippen MR) is 101 cm³/mol. The average Bonchev–Trinajstić information content (AvgIpc) is 2.61. The van der Waals surface area contributed by atoms with E-state index in [0.29, 0.717) is 10.4 Å². The summed E-state index contributed by atoms with van der Waals surface area (Å²) in [4.78, 5) is 23.7. The van der Waals surface area contributed by atoms with Crippen LogP contribution in [0.2, 0.25) is 5.02 Å². The first-order valence-electron chi connectivity index (χ1n) is 8.13. The highest BCUT2D eigenvalue weighted by Gasteiger charge is 2.29. The van der Waals surface area contributed by atoms with Gasteiger partial charge in [0.1, 0.15) is 13.2 Å². The number of esters is 1. The van der Waals surface area contributed by atoms with E-state index in [1.807, 2.05) is 0 Å². The van der Waals surface area contributed by atoms with Crippen LogP contribution < -0.4 is 0 Å². The molecule has 0 aromatic heterocycles. The molecule has 0 heterocycles. The van der Waals surface area contributed by atoms with Crippen molar-refractivity contribution in [3.8, 4) is 0 Å². The summed E-state index contributed by atoms with van der Waals surface area (Å²) >= 11 is 5.95. The largest absolute Gasteiger partial charge is 0.465 e. The summed E-state index contributed by atoms with van der Waals surface area (Å²) in [5.74, 6) is -1.21. The molecule has 9 heteroatoms. The number of ketones is 1. The van der Waals surface area contributed by atoms with E-state index in [4.69, 9.17) is 21.1 Å². The third-order valence-electron chi connectivity index (χ3n) is 3.68. The zero-order valence-corrected chi connectivity index (χ0v) is 16.5. The van der Waals surface area contributed by atoms with Gasteiger partial charge in [0, 0.05) is 12.1 Å². The number of hydrogen-bond acceptors (Lipinski definition) is 6. The molecule has 2 aromatic rings. The fourth-order valence-corrected chi connectivity index (χ4v) is 4.07. The van der Waals surface area contributed by atoms with Crippen molar-refractivity contribution in [2.75, 3.05) is 33.4 Å². The maximum Gasteiger partial charge on any atom is 0.321 e. The summed E-state index contributed by atoms with van der Waals surface area (Å²) in [6, 6.07) is 9.56. The van der Waals surface area contributed by atoms with Gasteiger partial charge in [-0.2, -0.15) is 4.31 Å². The lowest BCUT2D eigenvalue weighted by Crippen LogP contribution is -2.40. The van der Waals surface area contributed by atoms with Gasteiger partial charge < -0.3 is 9.47 Å². The summed E-state index contributed by atoms with van der Waals surface area (Å²) in [6.07, 6.45) is 0. The lowest BCUT2D eigenvalue weighted by Gasteiger charge is -2.21. The Labute approximate surface area is 162 Å². The Bertz CT molecular complexity index is 924. The number of halogens is 1. The minimum absolute atomic E-state index is 0.0353. The van der Waals surface area contributed by atoms with Crippen molar-refractivity contribution in [3.05, 3.63) is 41.4 Å². The molecule has 2 aromatic carbocycles. The van der Waals surface area contributed by atoms with E-state index in [1.165, 1.54) is 19.2 Å². The standard InChI is InChI=1S/C18H20ClNO6S/c1-3-26-18(22)11-20(10-16(21)12-25-2)27(23,24)17-7-5-13-8-15(19)6-4-14(13)9-17/h4-9H,3,10-12H2,1-2H3. The molecule has 0 amide bonds. The first-order valence-corrected chi connectivity index (χ1v) is 9.95. The molecule has 0 spiro atoms. The third-order valence-corrected chi connectivity index (χ3v) is 5.70. The van der Waals surface area contributed by atoms with Crippen molar-refractivity contribution >= 4 is 44.1 Å². The number of fused-ring (bicyclic) bond motifs is 1. The van der Waals surface area contributed by atoms with E-state index in [9.17, 15) is 18.0 Å². The summed E-state index contributed by atoms with van der Waals surface area (Å²) in [5.41, 5.74) is 0. The fourth-order valence-electron chi connectivity index (χ4n) is 2.48. The second kappa shape index (κ2) is 9.27. The van der Waals surface area contributed by atoms with Crippen LogP contribution in [0.4, 0.5) is 0 Å². The minimum Gasteiger partial charge on any atom is -0.465 e. The Morgan fingerprint density at radius 3 is 2.41 bits per heavy atom. The van der Waals surface area contributed by atoms with Gasteiger partial charge in [0.05, 0.1) is 18.0 Å². The van der Waals surface area contributed by atoms with E-state index in [2.05, 4.69) is 0 Å². The van der Waals surface area contributed by atoms with Gasteiger partial charge in [-0.15, -0.1) is 0 Å². The number of carbonyl (C=O) groups excluding carboxylic acids is 2. The van der Waals surface area contributed by atoms with Crippen molar-refractivity contribution in [2.45, 2.75) is 11.8 Å². The van der Waals surface area contributed by atoms with Gasteiger partial charge in [0.2, 0.25) is 10.0 Å². The van der Waals surface area contributed by atoms with E-state index in [1.54, 1.807) is 31.2 Å². The molecular weight excluding hydrogens is 394 g/mol. The van der Waals surface area contributed by atoms with Gasteiger partial charge in [0.25, 0.3) is 0 Å². The van der Waals surface area contributed by atoms with Gasteiger partial charge in [-0.1, -0.05) is 23.7 Å². The van der Waals surface area contributed by atoms with E-state index in [-0.39, 0.29) is 18.1 Å². The molecule has 146 valence electrons. The zero-order chi connectivity index (χ0) is 20.0. The second-order valence-corrected chi connectivity index (χ2v) is 8.08. The highest BCUT2D eigenvalue weighted by atomic mass is 35.5. The molecule has 0 fully saturated rings. The first kappa shape index (κ1) is 21.3. The quantitative estimate of drug-likeness (QED) is 0.586. The molecule has 0 N–H and O–H groups in total. The Balaban J connectivity index is 2.40. The van der Waals surface area contributed by atoms with Crippen LogP contribution >= 0.6 is 11.6 Å². The number of hydrogen-bond donors (Lipinski definition) is 0. The number of rotatable bonds is 9. The molecule has 0 bridgehead atoms. The topological polar surface area (TPSA) is 90.0 Å². The molecule has 0 unspecified atom stereocenters. The number of benzene rings is 2. The van der Waals surface area contributed by atoms with E-state index < -0.39 is 34.9 Å². The van der Waals surface area contributed by atoms with E-state index >= 15 is 0 Å². The normalized spacial score (nSPS) is 11.7. The van der Waals surface area contributed by atoms with Gasteiger partial charge in [-0.05, 0) is 42.0 Å². The number of methoxy groups -OCH3 is 1. The van der Waals surface area contributed by atoms with Crippen molar-refractivity contribution in [1.82, 2.24) is 4.31 Å². The van der Waals surface area contributed by atoms with Crippen molar-refractivity contribution in [1.29, 1.82) is 0 Å². The van der Waals surface area contributed by atoms with Gasteiger partial charge in [0.15, 0.2) is 5.78 Å². The van der Waals surface area contributed by atoms with Crippen LogP contribution in [-0.4, -0.2) is 57.9 Å². The number of carbonyl (C=O) groups is 2. The van der Waals surface area contributed by atoms with Crippen LogP contribution in [0.3, 0.4) is 0 Å². The zero-order valence-electron chi connectivity index (χ0n) is 15.0. The number of ether oxygens (including phenoxy) is 2. The van der Waals surface area contributed by atoms with Gasteiger partial charge in [-0.25, -0.2) is 8.42 Å². The monoisotopic (exact) mass is 413 g/mol. The van der Waals surface area contributed by atoms with Crippen LogP contribution in [-0.2, 0) is 29.1 Å². The first-order chi connectivity index (χ1) is 12.8. The maximum absolute atomic E-state index is 13.0. The Morgan fingerprint density at radius 2 is 1.74 bits per heavy atom. The molecule has 27 heavy (non-hydrogen) atoms. The molecule has 0 aliphatic rings. The Kier molecular flexibility index (Phi) is 7.32. The molecule has 0 aliphatic heterocycles. The predicted octanol–water partition coefficient (Wildman–Crippen LogP) is 2.26. The van der Waals surface area contributed by atoms with Crippen LogP contribution in [0.5, 0.6) is 0 Å². The molecule has 0 aliphatic carbocycles. The van der Waals surface area contributed by atoms with Crippen LogP contribution in [0.25, 0.3) is 10.8 Å². The van der Waals surface area contributed by atoms with E-state index in [0.717, 1.165) is 9.69 Å². The van der Waals surface area contributed by atoms with Gasteiger partial charge in [-0.3, -0.25) is 9.59 Å². The smallest absolute Gasteiger partial charge is 0.321 e. The van der Waals surface area contributed by atoms with Crippen molar-refractivity contribution in [3.63, 3.8) is 0 Å². The number of Topliss-reactive ketones (excluding diaryl/α,β-unsaturated/α-hetero) is 1. The molecule has 0 radical (unpaired) electrons. The third kappa shape index (κ3) is 5.49. The van der Waals surface area contributed by atoms with Crippen LogP contribution in [0.1, 0.15) is 6.92 Å². The highest BCUT2D eigenvalue weighted by molar-refractivity contribution is 7.89. The lowest BCUT2D eigenvalue weighted by molar-refractivity contribution is -0.143. The SMILES string of the molecule is CCOC(=O)CN(CC(=O)COC)S(=O)(=O)c1ccc2cc(Cl)ccc2c1. The summed E-state index contributed by atoms with van der Waals surface area (Å²) < 4.78 is 36.4. The summed E-state index contributed by atoms with van der Waals surface area (Å²) in [5, 5.41) is 1.97. The summed E-state index contributed by atoms with van der Waals surface area (Å²) in [6.45, 7) is 0.403. The van der Waals surface area contributed by atoms with Gasteiger partial charge >= 0.3 is 5.97 Å². The highest BCUT2D eigenvalue weighted by Crippen LogP contribution is 2.24. The van der Waals surface area contributed by atoms with Crippen LogP contribution in [0.15, 0.2) is 41.3 Å². The number of sulfonamides is 1. The molecule has 2 rings (SSSR count). The lowest BCUT2D eigenvalue weighted by atomic mass is 10.1. The maximum atomic E-state index is 13.0. The van der Waals surface area contributed by atoms with Crippen molar-refractivity contribution in [2.24, 2.45) is 0 Å². The Hall–Kier alpha value is -2.00. The molecular formula is C18H20ClNO6S. The Morgan fingerprint density at radius 1 is 1.07 bits per heavy atom. The molecule has 0 saturated heterocycles. The molecule has 7 nitrogen and oxygen atoms in total. The molecule has 0 atom stereocenters. The summed E-state index contributed by atoms with van der Waals surface area (Å²) in [7, 11) is -2.78. The molecule has 0 saturated carbocycles.